The molecule has 32 heavy (non-hydrogen) atoms. The van der Waals surface area contributed by atoms with E-state index in [0.717, 1.165) is 38.5 Å². The summed E-state index contributed by atoms with van der Waals surface area (Å²) in [4.78, 5) is 0. The molecule has 0 saturated carbocycles. The second-order valence-electron chi connectivity index (χ2n) is 9.72. The molecular formula is C26H57NO4S. The molecule has 0 aromatic rings. The molecule has 0 fully saturated rings. The van der Waals surface area contributed by atoms with Gasteiger partial charge in [-0.1, -0.05) is 136 Å². The Morgan fingerprint density at radius 3 is 1.12 bits per heavy atom. The Morgan fingerprint density at radius 1 is 0.562 bits per heavy atom. The second kappa shape index (κ2) is 22.6. The Morgan fingerprint density at radius 2 is 0.844 bits per heavy atom. The summed E-state index contributed by atoms with van der Waals surface area (Å²) in [6, 6.07) is 0. The Kier molecular flexibility index (Phi) is 24.0. The highest BCUT2D eigenvalue weighted by atomic mass is 32.3. The van der Waals surface area contributed by atoms with Gasteiger partial charge in [0.15, 0.2) is 0 Å². The van der Waals surface area contributed by atoms with Crippen LogP contribution in [0.25, 0.3) is 0 Å². The Labute approximate surface area is 201 Å². The minimum absolute atomic E-state index is 0. The van der Waals surface area contributed by atoms with Crippen molar-refractivity contribution in [2.75, 3.05) is 6.61 Å². The molecule has 0 unspecified atom stereocenters. The fraction of sp³-hybridized carbons (Fsp3) is 1.00. The summed E-state index contributed by atoms with van der Waals surface area (Å²) in [6.45, 7) is 6.77. The second-order valence-corrected chi connectivity index (χ2v) is 10.8. The van der Waals surface area contributed by atoms with Crippen LogP contribution < -0.4 is 6.15 Å². The van der Waals surface area contributed by atoms with E-state index < -0.39 is 10.4 Å². The Hall–Kier alpha value is -0.170. The van der Waals surface area contributed by atoms with Gasteiger partial charge < -0.3 is 10.7 Å². The van der Waals surface area contributed by atoms with Crippen LogP contribution in [-0.4, -0.2) is 19.6 Å². The molecule has 0 spiro atoms. The van der Waals surface area contributed by atoms with Gasteiger partial charge in [0.25, 0.3) is 0 Å². The largest absolute Gasteiger partial charge is 0.726 e. The summed E-state index contributed by atoms with van der Waals surface area (Å²) in [7, 11) is -4.64. The third-order valence-electron chi connectivity index (χ3n) is 6.69. The van der Waals surface area contributed by atoms with E-state index in [9.17, 15) is 13.0 Å². The lowest BCUT2D eigenvalue weighted by atomic mass is 9.74. The minimum atomic E-state index is -4.64. The summed E-state index contributed by atoms with van der Waals surface area (Å²) in [5, 5.41) is 0. The van der Waals surface area contributed by atoms with Crippen molar-refractivity contribution in [2.45, 2.75) is 156 Å². The predicted molar refractivity (Wildman–Crippen MR) is 138 cm³/mol. The zero-order valence-electron chi connectivity index (χ0n) is 22.1. The molecule has 4 N–H and O–H groups in total. The molecule has 0 aliphatic rings. The summed E-state index contributed by atoms with van der Waals surface area (Å²) in [5.74, 6) is 0. The third kappa shape index (κ3) is 21.7. The Balaban J connectivity index is 0. The van der Waals surface area contributed by atoms with Crippen molar-refractivity contribution in [1.82, 2.24) is 6.15 Å². The predicted octanol–water partition coefficient (Wildman–Crippen LogP) is 9.08. The van der Waals surface area contributed by atoms with Gasteiger partial charge in [-0.25, -0.2) is 8.42 Å². The van der Waals surface area contributed by atoms with E-state index in [1.807, 2.05) is 0 Å². The van der Waals surface area contributed by atoms with Gasteiger partial charge >= 0.3 is 0 Å². The highest BCUT2D eigenvalue weighted by molar-refractivity contribution is 7.80. The number of rotatable bonds is 24. The summed E-state index contributed by atoms with van der Waals surface area (Å²) in [5.41, 5.74) is -0.155. The minimum Gasteiger partial charge on any atom is -0.726 e. The average Bonchev–Trinajstić information content (AvgIpc) is 2.73. The van der Waals surface area contributed by atoms with E-state index in [1.165, 1.54) is 96.3 Å². The smallest absolute Gasteiger partial charge is 0.217 e. The lowest BCUT2D eigenvalue weighted by Crippen LogP contribution is -2.29. The topological polar surface area (TPSA) is 103 Å². The number of quaternary nitrogens is 1. The number of hydrogen-bond donors (Lipinski definition) is 1. The highest BCUT2D eigenvalue weighted by Gasteiger charge is 2.30. The lowest BCUT2D eigenvalue weighted by Gasteiger charge is -2.34. The molecule has 0 rings (SSSR count). The molecule has 0 radical (unpaired) electrons. The zero-order chi connectivity index (χ0) is 23.3. The molecule has 5 nitrogen and oxygen atoms in total. The van der Waals surface area contributed by atoms with Crippen molar-refractivity contribution < 1.29 is 17.2 Å². The first-order valence-electron chi connectivity index (χ1n) is 13.5. The first kappa shape index (κ1) is 34.0. The molecular weight excluding hydrogens is 422 g/mol. The molecule has 6 heteroatoms. The van der Waals surface area contributed by atoms with Crippen molar-refractivity contribution in [2.24, 2.45) is 5.41 Å². The van der Waals surface area contributed by atoms with Gasteiger partial charge in [-0.3, -0.25) is 4.18 Å². The van der Waals surface area contributed by atoms with E-state index in [1.54, 1.807) is 0 Å². The van der Waals surface area contributed by atoms with Crippen molar-refractivity contribution >= 4 is 10.4 Å². The van der Waals surface area contributed by atoms with Crippen molar-refractivity contribution in [3.05, 3.63) is 0 Å². The van der Waals surface area contributed by atoms with E-state index in [4.69, 9.17) is 4.18 Å². The molecule has 0 heterocycles. The van der Waals surface area contributed by atoms with E-state index in [0.29, 0.717) is 0 Å². The third-order valence-corrected chi connectivity index (χ3v) is 7.10. The lowest BCUT2D eigenvalue weighted by molar-refractivity contribution is 0.0942. The first-order chi connectivity index (χ1) is 14.9. The van der Waals surface area contributed by atoms with Crippen LogP contribution in [0.4, 0.5) is 0 Å². The van der Waals surface area contributed by atoms with Crippen LogP contribution in [0.15, 0.2) is 0 Å². The van der Waals surface area contributed by atoms with Crippen LogP contribution in [0.2, 0.25) is 0 Å². The van der Waals surface area contributed by atoms with Gasteiger partial charge in [0, 0.05) is 0 Å². The average molecular weight is 480 g/mol. The van der Waals surface area contributed by atoms with E-state index in [2.05, 4.69) is 20.8 Å². The molecule has 0 aromatic carbocycles. The van der Waals surface area contributed by atoms with Crippen molar-refractivity contribution in [3.63, 3.8) is 0 Å². The number of hydrogen-bond acceptors (Lipinski definition) is 4. The molecule has 0 aromatic heterocycles. The van der Waals surface area contributed by atoms with Crippen LogP contribution in [-0.2, 0) is 14.6 Å². The van der Waals surface area contributed by atoms with Gasteiger partial charge in [-0.2, -0.15) is 0 Å². The van der Waals surface area contributed by atoms with Gasteiger partial charge in [0.2, 0.25) is 10.4 Å². The van der Waals surface area contributed by atoms with E-state index >= 15 is 0 Å². The number of unbranched alkanes of at least 4 members (excludes halogenated alkanes) is 15. The molecule has 0 atom stereocenters. The van der Waals surface area contributed by atoms with Gasteiger partial charge in [-0.05, 0) is 24.7 Å². The van der Waals surface area contributed by atoms with Crippen LogP contribution in [0.5, 0.6) is 0 Å². The quantitative estimate of drug-likeness (QED) is 0.0846. The van der Waals surface area contributed by atoms with Crippen LogP contribution in [0.3, 0.4) is 0 Å². The van der Waals surface area contributed by atoms with Gasteiger partial charge in [0.1, 0.15) is 0 Å². The van der Waals surface area contributed by atoms with Gasteiger partial charge in [0.05, 0.1) is 6.61 Å². The maximum atomic E-state index is 11.2. The maximum Gasteiger partial charge on any atom is 0.217 e. The molecule has 0 amide bonds. The maximum absolute atomic E-state index is 11.2. The van der Waals surface area contributed by atoms with Crippen molar-refractivity contribution in [1.29, 1.82) is 0 Å². The molecule has 0 bridgehead atoms. The van der Waals surface area contributed by atoms with Crippen LogP contribution in [0.1, 0.15) is 156 Å². The summed E-state index contributed by atoms with van der Waals surface area (Å²) in [6.07, 6.45) is 25.1. The SMILES string of the molecule is CCCCCCCCC(CCCCCCCC)(CCCCCCCC)COS(=O)(=O)[O-].[NH4+]. The van der Waals surface area contributed by atoms with Crippen LogP contribution in [0, 0.1) is 5.41 Å². The zero-order valence-corrected chi connectivity index (χ0v) is 22.9. The molecule has 196 valence electrons. The fourth-order valence-corrected chi connectivity index (χ4v) is 5.02. The van der Waals surface area contributed by atoms with Gasteiger partial charge in [-0.15, -0.1) is 0 Å². The molecule has 0 aliphatic heterocycles. The Bertz CT molecular complexity index is 441. The molecule has 0 aliphatic carbocycles. The summed E-state index contributed by atoms with van der Waals surface area (Å²) >= 11 is 0. The van der Waals surface area contributed by atoms with Crippen LogP contribution >= 0.6 is 0 Å². The molecule has 0 saturated heterocycles. The fourth-order valence-electron chi connectivity index (χ4n) is 4.63. The monoisotopic (exact) mass is 479 g/mol. The normalized spacial score (nSPS) is 12.1. The summed E-state index contributed by atoms with van der Waals surface area (Å²) < 4.78 is 38.6. The van der Waals surface area contributed by atoms with Crippen molar-refractivity contribution in [3.8, 4) is 0 Å². The van der Waals surface area contributed by atoms with E-state index in [-0.39, 0.29) is 18.2 Å². The first-order valence-corrected chi connectivity index (χ1v) is 14.8. The standard InChI is InChI=1S/C26H54O4S.H3N/c1-4-7-10-13-16-19-22-26(25-30-31(27,28)29,23-20-17-14-11-8-5-2)24-21-18-15-12-9-6-3;/h4-25H2,1-3H3,(H,27,28,29);1H3. The highest BCUT2D eigenvalue weighted by Crippen LogP contribution is 2.38.